The summed E-state index contributed by atoms with van der Waals surface area (Å²) in [7, 11) is 0. The Morgan fingerprint density at radius 3 is 1.60 bits per heavy atom. The lowest BCUT2D eigenvalue weighted by Crippen LogP contribution is -2.01. The molecule has 57 heavy (non-hydrogen) atoms. The van der Waals surface area contributed by atoms with E-state index in [4.69, 9.17) is 15.0 Å². The van der Waals surface area contributed by atoms with E-state index in [9.17, 15) is 0 Å². The van der Waals surface area contributed by atoms with Gasteiger partial charge in [-0.1, -0.05) is 188 Å². The summed E-state index contributed by atoms with van der Waals surface area (Å²) in [6.45, 7) is 0. The lowest BCUT2D eigenvalue weighted by Gasteiger charge is -2.19. The van der Waals surface area contributed by atoms with E-state index in [-0.39, 0.29) is 0 Å². The first-order chi connectivity index (χ1) is 28.3. The highest BCUT2D eigenvalue weighted by Gasteiger charge is 2.21. The number of aromatic nitrogens is 3. The Morgan fingerprint density at radius 1 is 0.281 bits per heavy atom. The van der Waals surface area contributed by atoms with Crippen LogP contribution >= 0.6 is 11.3 Å². The molecule has 0 unspecified atom stereocenters. The van der Waals surface area contributed by atoms with Crippen molar-refractivity contribution in [1.29, 1.82) is 0 Å². The summed E-state index contributed by atoms with van der Waals surface area (Å²) in [5, 5.41) is 7.27. The van der Waals surface area contributed by atoms with Gasteiger partial charge < -0.3 is 0 Å². The predicted octanol–water partition coefficient (Wildman–Crippen LogP) is 14.5. The van der Waals surface area contributed by atoms with Crippen LogP contribution in [-0.4, -0.2) is 15.0 Å². The first kappa shape index (κ1) is 33.1. The highest BCUT2D eigenvalue weighted by Crippen LogP contribution is 2.45. The second kappa shape index (κ2) is 13.8. The van der Waals surface area contributed by atoms with Crippen LogP contribution in [0.1, 0.15) is 0 Å². The molecule has 11 aromatic rings. The molecule has 3 nitrogen and oxygen atoms in total. The molecule has 0 bridgehead atoms. The second-order valence-electron chi connectivity index (χ2n) is 14.3. The van der Waals surface area contributed by atoms with Gasteiger partial charge in [0.05, 0.1) is 0 Å². The maximum atomic E-state index is 5.31. The van der Waals surface area contributed by atoms with Gasteiger partial charge in [-0.05, 0) is 67.1 Å². The van der Waals surface area contributed by atoms with E-state index in [1.807, 2.05) is 18.2 Å². The Kier molecular flexibility index (Phi) is 8.01. The van der Waals surface area contributed by atoms with Crippen molar-refractivity contribution in [3.63, 3.8) is 0 Å². The van der Waals surface area contributed by atoms with Crippen molar-refractivity contribution in [2.24, 2.45) is 0 Å². The third kappa shape index (κ3) is 5.69. The monoisotopic (exact) mass is 743 g/mol. The van der Waals surface area contributed by atoms with E-state index in [1.54, 1.807) is 11.3 Å². The van der Waals surface area contributed by atoms with Crippen molar-refractivity contribution in [1.82, 2.24) is 15.0 Å². The van der Waals surface area contributed by atoms with Crippen LogP contribution in [0.5, 0.6) is 0 Å². The number of fused-ring (bicyclic) bond motifs is 5. The van der Waals surface area contributed by atoms with Gasteiger partial charge in [0.15, 0.2) is 17.5 Å². The zero-order valence-electron chi connectivity index (χ0n) is 30.8. The maximum Gasteiger partial charge on any atom is 0.165 e. The maximum absolute atomic E-state index is 5.31. The van der Waals surface area contributed by atoms with Gasteiger partial charge in [0.25, 0.3) is 0 Å². The van der Waals surface area contributed by atoms with Crippen molar-refractivity contribution in [2.45, 2.75) is 0 Å². The zero-order chi connectivity index (χ0) is 37.7. The molecule has 0 amide bonds. The van der Waals surface area contributed by atoms with E-state index in [1.165, 1.54) is 64.0 Å². The van der Waals surface area contributed by atoms with Crippen LogP contribution in [-0.2, 0) is 0 Å². The molecule has 0 atom stereocenters. The van der Waals surface area contributed by atoms with Gasteiger partial charge in [0.1, 0.15) is 0 Å². The second-order valence-corrected chi connectivity index (χ2v) is 15.3. The summed E-state index contributed by atoms with van der Waals surface area (Å²) in [5.41, 5.74) is 9.95. The van der Waals surface area contributed by atoms with E-state index in [0.29, 0.717) is 17.5 Å². The molecular weight excluding hydrogens is 711 g/mol. The predicted molar refractivity (Wildman–Crippen MR) is 240 cm³/mol. The van der Waals surface area contributed by atoms with E-state index < -0.39 is 0 Å². The Morgan fingerprint density at radius 2 is 0.807 bits per heavy atom. The fourth-order valence-electron chi connectivity index (χ4n) is 8.34. The highest BCUT2D eigenvalue weighted by atomic mass is 32.1. The van der Waals surface area contributed by atoms with Crippen molar-refractivity contribution >= 4 is 53.1 Å². The van der Waals surface area contributed by atoms with Gasteiger partial charge in [-0.25, -0.2) is 15.0 Å². The summed E-state index contributed by atoms with van der Waals surface area (Å²) in [4.78, 5) is 15.7. The van der Waals surface area contributed by atoms with E-state index in [2.05, 4.69) is 182 Å². The molecule has 0 spiro atoms. The Hall–Kier alpha value is -7.27. The normalized spacial score (nSPS) is 11.5. The molecule has 0 aliphatic rings. The van der Waals surface area contributed by atoms with Gasteiger partial charge in [0.2, 0.25) is 0 Å². The highest BCUT2D eigenvalue weighted by molar-refractivity contribution is 7.26. The zero-order valence-corrected chi connectivity index (χ0v) is 31.6. The Bertz CT molecular complexity index is 3300. The molecule has 2 heterocycles. The standard InChI is InChI=1S/C53H33N3S/c1-3-16-34(17-4-1)38-31-30-35-18-7-8-21-37(35)49(38)44-33-32-42(39-22-9-10-23-40(39)44)41-24-11-12-26-46(41)52-54-51(36-19-5-2-6-20-36)55-53(56-52)47-28-15-27-45-43-25-13-14-29-48(43)57-50(45)47/h1-33H. The molecule has 0 radical (unpaired) electrons. The number of rotatable bonds is 6. The average Bonchev–Trinajstić information content (AvgIpc) is 3.68. The molecule has 0 N–H and O–H groups in total. The van der Waals surface area contributed by atoms with Crippen LogP contribution in [0.15, 0.2) is 200 Å². The third-order valence-electron chi connectivity index (χ3n) is 11.0. The fraction of sp³-hybridized carbons (Fsp3) is 0. The SMILES string of the molecule is c1ccc(-c2nc(-c3ccccc3-c3ccc(-c4c(-c5ccccc5)ccc5ccccc45)c4ccccc34)nc(-c3cccc4c3sc3ccccc34)n2)cc1. The molecule has 4 heteroatoms. The van der Waals surface area contributed by atoms with Crippen molar-refractivity contribution in [2.75, 3.05) is 0 Å². The lowest BCUT2D eigenvalue weighted by atomic mass is 9.85. The summed E-state index contributed by atoms with van der Waals surface area (Å²) in [6, 6.07) is 71.1. The molecule has 266 valence electrons. The number of hydrogen-bond donors (Lipinski definition) is 0. The Balaban J connectivity index is 1.13. The lowest BCUT2D eigenvalue weighted by molar-refractivity contribution is 1.08. The molecule has 0 saturated heterocycles. The molecule has 0 saturated carbocycles. The number of hydrogen-bond acceptors (Lipinski definition) is 4. The fourth-order valence-corrected chi connectivity index (χ4v) is 9.55. The van der Waals surface area contributed by atoms with Crippen LogP contribution in [0.25, 0.3) is 109 Å². The van der Waals surface area contributed by atoms with Crippen LogP contribution in [0.2, 0.25) is 0 Å². The molecule has 2 aromatic heterocycles. The van der Waals surface area contributed by atoms with Crippen LogP contribution in [0.3, 0.4) is 0 Å². The first-order valence-electron chi connectivity index (χ1n) is 19.2. The summed E-state index contributed by atoms with van der Waals surface area (Å²) in [6.07, 6.45) is 0. The van der Waals surface area contributed by atoms with Gasteiger partial charge >= 0.3 is 0 Å². The van der Waals surface area contributed by atoms with E-state index >= 15 is 0 Å². The topological polar surface area (TPSA) is 38.7 Å². The van der Waals surface area contributed by atoms with Crippen molar-refractivity contribution in [3.8, 4) is 67.5 Å². The van der Waals surface area contributed by atoms with Crippen molar-refractivity contribution in [3.05, 3.63) is 200 Å². The first-order valence-corrected chi connectivity index (χ1v) is 20.0. The quantitative estimate of drug-likeness (QED) is 0.170. The van der Waals surface area contributed by atoms with Gasteiger partial charge in [-0.3, -0.25) is 0 Å². The summed E-state index contributed by atoms with van der Waals surface area (Å²) >= 11 is 1.79. The third-order valence-corrected chi connectivity index (χ3v) is 12.2. The van der Waals surface area contributed by atoms with Crippen molar-refractivity contribution < 1.29 is 0 Å². The molecule has 11 rings (SSSR count). The van der Waals surface area contributed by atoms with Gasteiger partial charge in [-0.2, -0.15) is 0 Å². The minimum atomic E-state index is 0.640. The largest absolute Gasteiger partial charge is 0.208 e. The van der Waals surface area contributed by atoms with E-state index in [0.717, 1.165) is 27.8 Å². The molecule has 0 fully saturated rings. The van der Waals surface area contributed by atoms with Crippen LogP contribution in [0, 0.1) is 0 Å². The number of benzene rings is 9. The minimum Gasteiger partial charge on any atom is -0.208 e. The minimum absolute atomic E-state index is 0.640. The summed E-state index contributed by atoms with van der Waals surface area (Å²) < 4.78 is 2.42. The molecule has 9 aromatic carbocycles. The smallest absolute Gasteiger partial charge is 0.165 e. The number of thiophene rings is 1. The average molecular weight is 744 g/mol. The molecule has 0 aliphatic heterocycles. The van der Waals surface area contributed by atoms with Crippen LogP contribution in [0.4, 0.5) is 0 Å². The molecular formula is C53H33N3S. The Labute approximate surface area is 334 Å². The number of nitrogens with zero attached hydrogens (tertiary/aromatic N) is 3. The van der Waals surface area contributed by atoms with Gasteiger partial charge in [0, 0.05) is 36.9 Å². The van der Waals surface area contributed by atoms with Crippen LogP contribution < -0.4 is 0 Å². The molecule has 0 aliphatic carbocycles. The summed E-state index contributed by atoms with van der Waals surface area (Å²) in [5.74, 6) is 1.95. The van der Waals surface area contributed by atoms with Gasteiger partial charge in [-0.15, -0.1) is 11.3 Å².